The highest BCUT2D eigenvalue weighted by Gasteiger charge is 2.18. The van der Waals surface area contributed by atoms with Gasteiger partial charge in [0.25, 0.3) is 0 Å². The molecule has 0 unspecified atom stereocenters. The minimum atomic E-state index is 1.13. The Morgan fingerprint density at radius 2 is 0.808 bits per heavy atom. The van der Waals surface area contributed by atoms with Crippen molar-refractivity contribution in [3.63, 3.8) is 0 Å². The van der Waals surface area contributed by atoms with Gasteiger partial charge in [-0.25, -0.2) is 0 Å². The first-order valence-electron chi connectivity index (χ1n) is 17.6. The number of nitrogens with zero attached hydrogens (tertiary/aromatic N) is 2. The number of thiophene rings is 2. The highest BCUT2D eigenvalue weighted by atomic mass is 32.1. The van der Waals surface area contributed by atoms with E-state index in [-0.39, 0.29) is 0 Å². The van der Waals surface area contributed by atoms with Crippen LogP contribution in [0.4, 0.5) is 17.1 Å². The van der Waals surface area contributed by atoms with Crippen LogP contribution in [0.5, 0.6) is 0 Å². The maximum absolute atomic E-state index is 2.41. The quantitative estimate of drug-likeness (QED) is 0.174. The molecule has 0 fully saturated rings. The maximum atomic E-state index is 2.41. The minimum absolute atomic E-state index is 1.13. The summed E-state index contributed by atoms with van der Waals surface area (Å²) in [6.07, 6.45) is 0. The van der Waals surface area contributed by atoms with Crippen LogP contribution in [0, 0.1) is 0 Å². The zero-order chi connectivity index (χ0) is 34.2. The van der Waals surface area contributed by atoms with Crippen LogP contribution in [-0.2, 0) is 0 Å². The molecule has 0 atom stereocenters. The Bertz CT molecular complexity index is 3020. The normalized spacial score (nSPS) is 11.8. The summed E-state index contributed by atoms with van der Waals surface area (Å²) >= 11 is 3.73. The molecule has 0 saturated heterocycles. The van der Waals surface area contributed by atoms with Crippen LogP contribution < -0.4 is 4.90 Å². The number of aromatic nitrogens is 1. The van der Waals surface area contributed by atoms with E-state index in [0.29, 0.717) is 0 Å². The SMILES string of the molecule is c1ccc(-n2c3ccccc3c3ccc(-c4ccc(N(c5ccc6c(c5)sc5ccccc56)c5ccc6c(c5)sc5ccccc56)cc4)cc32)cc1. The monoisotopic (exact) mass is 698 g/mol. The van der Waals surface area contributed by atoms with Gasteiger partial charge in [0.1, 0.15) is 0 Å². The van der Waals surface area contributed by atoms with Gasteiger partial charge in [0.15, 0.2) is 0 Å². The fraction of sp³-hybridized carbons (Fsp3) is 0. The van der Waals surface area contributed by atoms with Crippen molar-refractivity contribution in [3.05, 3.63) is 182 Å². The van der Waals surface area contributed by atoms with Crippen LogP contribution >= 0.6 is 22.7 Å². The molecule has 52 heavy (non-hydrogen) atoms. The van der Waals surface area contributed by atoms with Gasteiger partial charge in [-0.3, -0.25) is 0 Å². The molecule has 0 N–H and O–H groups in total. The lowest BCUT2D eigenvalue weighted by atomic mass is 10.0. The van der Waals surface area contributed by atoms with Crippen LogP contribution in [0.1, 0.15) is 0 Å². The Kier molecular flexibility index (Phi) is 6.63. The van der Waals surface area contributed by atoms with Gasteiger partial charge in [-0.15, -0.1) is 22.7 Å². The minimum Gasteiger partial charge on any atom is -0.310 e. The van der Waals surface area contributed by atoms with E-state index in [0.717, 1.165) is 17.1 Å². The van der Waals surface area contributed by atoms with Gasteiger partial charge < -0.3 is 9.47 Å². The first-order valence-corrected chi connectivity index (χ1v) is 19.2. The van der Waals surface area contributed by atoms with E-state index in [1.54, 1.807) is 0 Å². The third-order valence-electron chi connectivity index (χ3n) is 10.4. The molecule has 0 aliphatic rings. The van der Waals surface area contributed by atoms with Crippen LogP contribution in [0.2, 0.25) is 0 Å². The zero-order valence-electron chi connectivity index (χ0n) is 28.0. The summed E-state index contributed by atoms with van der Waals surface area (Å²) in [4.78, 5) is 2.41. The first kappa shape index (κ1) is 29.5. The van der Waals surface area contributed by atoms with E-state index < -0.39 is 0 Å². The lowest BCUT2D eigenvalue weighted by Crippen LogP contribution is -2.09. The smallest absolute Gasteiger partial charge is 0.0547 e. The summed E-state index contributed by atoms with van der Waals surface area (Å²) < 4.78 is 7.62. The van der Waals surface area contributed by atoms with E-state index in [1.165, 1.54) is 79.0 Å². The molecule has 244 valence electrons. The van der Waals surface area contributed by atoms with Gasteiger partial charge in [0.2, 0.25) is 0 Å². The van der Waals surface area contributed by atoms with Crippen LogP contribution in [0.3, 0.4) is 0 Å². The predicted octanol–water partition coefficient (Wildman–Crippen LogP) is 14.7. The van der Waals surface area contributed by atoms with Gasteiger partial charge >= 0.3 is 0 Å². The molecular weight excluding hydrogens is 669 g/mol. The number of benzene rings is 8. The molecule has 4 heteroatoms. The number of para-hydroxylation sites is 2. The van der Waals surface area contributed by atoms with Crippen LogP contribution in [0.25, 0.3) is 79.0 Å². The number of hydrogen-bond donors (Lipinski definition) is 0. The van der Waals surface area contributed by atoms with Crippen molar-refractivity contribution in [2.24, 2.45) is 0 Å². The Labute approximate surface area is 308 Å². The standard InChI is InChI=1S/C48H30N2S2/c1-2-10-33(11-3-1)50-43-15-7-4-12-37(43)38-25-20-32(28-44(38)50)31-18-21-34(22-19-31)49(35-23-26-41-39-13-5-8-16-45(39)51-47(41)29-35)36-24-27-42-40-14-6-9-17-46(40)52-48(42)30-36/h1-30H. The third-order valence-corrected chi connectivity index (χ3v) is 12.7. The van der Waals surface area contributed by atoms with Crippen molar-refractivity contribution in [1.82, 2.24) is 4.57 Å². The fourth-order valence-electron chi connectivity index (χ4n) is 7.96. The summed E-state index contributed by atoms with van der Waals surface area (Å²) in [7, 11) is 0. The number of fused-ring (bicyclic) bond motifs is 9. The molecule has 0 aliphatic carbocycles. The highest BCUT2D eigenvalue weighted by molar-refractivity contribution is 7.26. The molecule has 0 saturated carbocycles. The van der Waals surface area contributed by atoms with Crippen molar-refractivity contribution in [2.45, 2.75) is 0 Å². The van der Waals surface area contributed by atoms with E-state index in [9.17, 15) is 0 Å². The van der Waals surface area contributed by atoms with Crippen LogP contribution in [0.15, 0.2) is 182 Å². The molecule has 0 spiro atoms. The average Bonchev–Trinajstić information content (AvgIpc) is 3.87. The van der Waals surface area contributed by atoms with Crippen molar-refractivity contribution in [3.8, 4) is 16.8 Å². The third kappa shape index (κ3) is 4.62. The second kappa shape index (κ2) is 11.7. The van der Waals surface area contributed by atoms with Crippen molar-refractivity contribution in [1.29, 1.82) is 0 Å². The zero-order valence-corrected chi connectivity index (χ0v) is 29.7. The Hall–Kier alpha value is -6.20. The Morgan fingerprint density at radius 3 is 1.46 bits per heavy atom. The summed E-state index contributed by atoms with van der Waals surface area (Å²) in [5, 5.41) is 7.79. The number of rotatable bonds is 5. The predicted molar refractivity (Wildman–Crippen MR) is 227 cm³/mol. The Morgan fingerprint density at radius 1 is 0.327 bits per heavy atom. The van der Waals surface area contributed by atoms with E-state index in [4.69, 9.17) is 0 Å². The summed E-state index contributed by atoms with van der Waals surface area (Å²) in [6, 6.07) is 66.7. The molecule has 11 aromatic rings. The fourth-order valence-corrected chi connectivity index (χ4v) is 10.2. The van der Waals surface area contributed by atoms with Gasteiger partial charge in [-0.2, -0.15) is 0 Å². The topological polar surface area (TPSA) is 8.17 Å². The molecule has 3 heterocycles. The second-order valence-electron chi connectivity index (χ2n) is 13.4. The largest absolute Gasteiger partial charge is 0.310 e. The van der Waals surface area contributed by atoms with Crippen molar-refractivity contribution in [2.75, 3.05) is 4.90 Å². The van der Waals surface area contributed by atoms with E-state index in [2.05, 4.69) is 191 Å². The lowest BCUT2D eigenvalue weighted by molar-refractivity contribution is 1.18. The summed E-state index contributed by atoms with van der Waals surface area (Å²) in [5.74, 6) is 0. The van der Waals surface area contributed by atoms with Gasteiger partial charge in [-0.1, -0.05) is 109 Å². The molecule has 8 aromatic carbocycles. The first-order chi connectivity index (χ1) is 25.8. The molecule has 3 aromatic heterocycles. The molecule has 0 aliphatic heterocycles. The van der Waals surface area contributed by atoms with Crippen molar-refractivity contribution < 1.29 is 0 Å². The highest BCUT2D eigenvalue weighted by Crippen LogP contribution is 2.44. The molecule has 2 nitrogen and oxygen atoms in total. The summed E-state index contributed by atoms with van der Waals surface area (Å²) in [6.45, 7) is 0. The number of hydrogen-bond acceptors (Lipinski definition) is 3. The molecule has 0 radical (unpaired) electrons. The molecule has 11 rings (SSSR count). The maximum Gasteiger partial charge on any atom is 0.0547 e. The van der Waals surface area contributed by atoms with Crippen LogP contribution in [-0.4, -0.2) is 4.57 Å². The van der Waals surface area contributed by atoms with E-state index >= 15 is 0 Å². The van der Waals surface area contributed by atoms with E-state index in [1.807, 2.05) is 22.7 Å². The lowest BCUT2D eigenvalue weighted by Gasteiger charge is -2.26. The second-order valence-corrected chi connectivity index (χ2v) is 15.5. The van der Waals surface area contributed by atoms with Gasteiger partial charge in [0, 0.05) is 73.9 Å². The van der Waals surface area contributed by atoms with Gasteiger partial charge in [-0.05, 0) is 83.9 Å². The summed E-state index contributed by atoms with van der Waals surface area (Å²) in [5.41, 5.74) is 9.43. The molecule has 0 bridgehead atoms. The van der Waals surface area contributed by atoms with Gasteiger partial charge in [0.05, 0.1) is 11.0 Å². The molecular formula is C48H30N2S2. The van der Waals surface area contributed by atoms with Crippen molar-refractivity contribution >= 4 is 102 Å². The number of anilines is 3. The average molecular weight is 699 g/mol. The molecule has 0 amide bonds. The Balaban J connectivity index is 1.05.